The molecule has 0 saturated carbocycles. The molecule has 0 saturated heterocycles. The van der Waals surface area contributed by atoms with Gasteiger partial charge in [-0.25, -0.2) is 8.42 Å². The summed E-state index contributed by atoms with van der Waals surface area (Å²) in [6, 6.07) is 5.54. The summed E-state index contributed by atoms with van der Waals surface area (Å²) in [6.45, 7) is 4.76. The molecule has 2 heterocycles. The minimum Gasteiger partial charge on any atom is -0.422 e. The number of halogens is 4. The number of hydrogen-bond acceptors (Lipinski definition) is 6. The Morgan fingerprint density at radius 1 is 1.18 bits per heavy atom. The number of benzene rings is 1. The van der Waals surface area contributed by atoms with Crippen LogP contribution in [-0.4, -0.2) is 38.8 Å². The molecule has 34 heavy (non-hydrogen) atoms. The van der Waals surface area contributed by atoms with Crippen molar-refractivity contribution in [3.63, 3.8) is 0 Å². The highest BCUT2D eigenvalue weighted by Crippen LogP contribution is 2.46. The molecule has 1 aliphatic rings. The Labute approximate surface area is 205 Å². The van der Waals surface area contributed by atoms with E-state index in [0.29, 0.717) is 10.5 Å². The molecule has 0 spiro atoms. The van der Waals surface area contributed by atoms with Crippen molar-refractivity contribution < 1.29 is 31.5 Å². The van der Waals surface area contributed by atoms with Crippen LogP contribution in [0.5, 0.6) is 0 Å². The number of sulfone groups is 1. The smallest absolute Gasteiger partial charge is 0.316 e. The maximum absolute atomic E-state index is 13.4. The van der Waals surface area contributed by atoms with Crippen molar-refractivity contribution in [3.8, 4) is 0 Å². The Kier molecular flexibility index (Phi) is 7.08. The molecule has 2 aromatic rings. The summed E-state index contributed by atoms with van der Waals surface area (Å²) in [4.78, 5) is 28.9. The van der Waals surface area contributed by atoms with Gasteiger partial charge in [0.2, 0.25) is 0 Å². The Morgan fingerprint density at radius 3 is 2.41 bits per heavy atom. The first-order chi connectivity index (χ1) is 15.7. The third kappa shape index (κ3) is 4.80. The third-order valence-electron chi connectivity index (χ3n) is 4.94. The second-order valence-corrected chi connectivity index (χ2v) is 11.2. The minimum absolute atomic E-state index is 0.120. The van der Waals surface area contributed by atoms with Gasteiger partial charge in [0, 0.05) is 18.8 Å². The second kappa shape index (κ2) is 9.24. The number of carbonyl (C=O) groups excluding carboxylic acids is 2. The first-order valence-corrected chi connectivity index (χ1v) is 12.2. The van der Waals surface area contributed by atoms with Crippen LogP contribution in [0.4, 0.5) is 14.5 Å². The zero-order valence-electron chi connectivity index (χ0n) is 18.5. The van der Waals surface area contributed by atoms with E-state index in [1.807, 2.05) is 0 Å². The number of fused-ring (bicyclic) bond motifs is 1. The van der Waals surface area contributed by atoms with Gasteiger partial charge < -0.3 is 9.64 Å². The highest BCUT2D eigenvalue weighted by atomic mass is 35.5. The van der Waals surface area contributed by atoms with Gasteiger partial charge in [0.25, 0.3) is 5.91 Å². The van der Waals surface area contributed by atoms with E-state index in [1.54, 1.807) is 26.8 Å². The largest absolute Gasteiger partial charge is 0.422 e. The van der Waals surface area contributed by atoms with E-state index >= 15 is 0 Å². The fourth-order valence-corrected chi connectivity index (χ4v) is 5.68. The molecule has 0 atom stereocenters. The van der Waals surface area contributed by atoms with E-state index in [1.165, 1.54) is 24.4 Å². The van der Waals surface area contributed by atoms with Crippen LogP contribution in [0.15, 0.2) is 30.5 Å². The lowest BCUT2D eigenvalue weighted by Crippen LogP contribution is -2.32. The van der Waals surface area contributed by atoms with Gasteiger partial charge in [0.1, 0.15) is 10.6 Å². The molecule has 1 aliphatic heterocycles. The maximum atomic E-state index is 13.4. The number of pyridine rings is 1. The van der Waals surface area contributed by atoms with Crippen LogP contribution in [0.3, 0.4) is 0 Å². The lowest BCUT2D eigenvalue weighted by Gasteiger charge is -2.26. The molecule has 1 amide bonds. The maximum Gasteiger partial charge on any atom is 0.316 e. The molecule has 0 aliphatic carbocycles. The van der Waals surface area contributed by atoms with E-state index in [2.05, 4.69) is 4.98 Å². The number of hydrogen-bond donors (Lipinski definition) is 0. The standard InChI is InChI=1S/C22H20Cl2F2N2O5S/c1-22(2,3)21(30)33-17-15-11(6-5-9-27-15)10-34(31,32)18(17)12-7-8-13(23)16(14(12)24)28(4)20(29)19(25)26/h5-9,19H,10H2,1-4H3. The molecule has 0 N–H and O–H groups in total. The number of nitrogens with zero attached hydrogens (tertiary/aromatic N) is 2. The van der Waals surface area contributed by atoms with Gasteiger partial charge >= 0.3 is 12.4 Å². The first kappa shape index (κ1) is 26.1. The predicted octanol–water partition coefficient (Wildman–Crippen LogP) is 4.96. The SMILES string of the molecule is CN(C(=O)C(F)F)c1c(Cl)ccc(C2=C(OC(=O)C(C)(C)C)c3ncccc3CS2(=O)=O)c1Cl. The summed E-state index contributed by atoms with van der Waals surface area (Å²) >= 11 is 12.6. The highest BCUT2D eigenvalue weighted by molar-refractivity contribution is 8.00. The molecule has 0 radical (unpaired) electrons. The molecule has 0 bridgehead atoms. The Balaban J connectivity index is 2.37. The number of aromatic nitrogens is 1. The van der Waals surface area contributed by atoms with Crippen LogP contribution in [-0.2, 0) is 29.9 Å². The quantitative estimate of drug-likeness (QED) is 0.516. The number of carbonyl (C=O) groups is 2. The molecule has 3 rings (SSSR count). The summed E-state index contributed by atoms with van der Waals surface area (Å²) < 4.78 is 58.4. The lowest BCUT2D eigenvalue weighted by atomic mass is 9.97. The van der Waals surface area contributed by atoms with Gasteiger partial charge in [-0.2, -0.15) is 8.78 Å². The molecule has 7 nitrogen and oxygen atoms in total. The topological polar surface area (TPSA) is 93.6 Å². The van der Waals surface area contributed by atoms with Gasteiger partial charge in [-0.05, 0) is 38.5 Å². The number of esters is 1. The third-order valence-corrected chi connectivity index (χ3v) is 7.35. The molecule has 182 valence electrons. The van der Waals surface area contributed by atoms with Crippen LogP contribution in [0.25, 0.3) is 10.7 Å². The van der Waals surface area contributed by atoms with Gasteiger partial charge in [-0.3, -0.25) is 14.6 Å². The summed E-state index contributed by atoms with van der Waals surface area (Å²) in [5.74, 6) is -3.14. The van der Waals surface area contributed by atoms with Crippen LogP contribution in [0.2, 0.25) is 10.0 Å². The first-order valence-electron chi connectivity index (χ1n) is 9.84. The summed E-state index contributed by atoms with van der Waals surface area (Å²) in [5.41, 5.74) is -1.06. The fourth-order valence-electron chi connectivity index (χ4n) is 3.20. The van der Waals surface area contributed by atoms with E-state index in [0.717, 1.165) is 7.05 Å². The van der Waals surface area contributed by atoms with Gasteiger partial charge in [0.15, 0.2) is 15.6 Å². The van der Waals surface area contributed by atoms with Crippen molar-refractivity contribution in [1.82, 2.24) is 4.98 Å². The number of amides is 1. The number of rotatable bonds is 4. The number of anilines is 1. The highest BCUT2D eigenvalue weighted by Gasteiger charge is 2.39. The summed E-state index contributed by atoms with van der Waals surface area (Å²) in [7, 11) is -3.13. The van der Waals surface area contributed by atoms with Crippen LogP contribution >= 0.6 is 23.2 Å². The Hall–Kier alpha value is -2.56. The average molecular weight is 533 g/mol. The second-order valence-electron chi connectivity index (χ2n) is 8.52. The van der Waals surface area contributed by atoms with Crippen molar-refractivity contribution in [2.45, 2.75) is 32.9 Å². The fraction of sp³-hybridized carbons (Fsp3) is 0.318. The van der Waals surface area contributed by atoms with Crippen LogP contribution < -0.4 is 4.90 Å². The Bertz CT molecular complexity index is 1320. The van der Waals surface area contributed by atoms with Gasteiger partial charge in [-0.1, -0.05) is 35.3 Å². The molecule has 1 aromatic carbocycles. The molecule has 0 unspecified atom stereocenters. The average Bonchev–Trinajstić information content (AvgIpc) is 2.72. The number of alkyl halides is 2. The van der Waals surface area contributed by atoms with Gasteiger partial charge in [-0.15, -0.1) is 0 Å². The van der Waals surface area contributed by atoms with Crippen LogP contribution in [0.1, 0.15) is 37.6 Å². The summed E-state index contributed by atoms with van der Waals surface area (Å²) in [5, 5.41) is -0.544. The van der Waals surface area contributed by atoms with E-state index < -0.39 is 44.2 Å². The zero-order chi connectivity index (χ0) is 25.6. The monoisotopic (exact) mass is 532 g/mol. The van der Waals surface area contributed by atoms with Crippen molar-refractivity contribution in [3.05, 3.63) is 57.3 Å². The van der Waals surface area contributed by atoms with Gasteiger partial charge in [0.05, 0.1) is 26.9 Å². The van der Waals surface area contributed by atoms with Crippen molar-refractivity contribution >= 4 is 61.3 Å². The van der Waals surface area contributed by atoms with Crippen molar-refractivity contribution in [1.29, 1.82) is 0 Å². The van der Waals surface area contributed by atoms with E-state index in [-0.39, 0.29) is 32.7 Å². The molecular formula is C22H20Cl2F2N2O5S. The predicted molar refractivity (Wildman–Crippen MR) is 125 cm³/mol. The van der Waals surface area contributed by atoms with Crippen molar-refractivity contribution in [2.75, 3.05) is 11.9 Å². The molecule has 12 heteroatoms. The lowest BCUT2D eigenvalue weighted by molar-refractivity contribution is -0.145. The zero-order valence-corrected chi connectivity index (χ0v) is 20.9. The summed E-state index contributed by atoms with van der Waals surface area (Å²) in [6.07, 6.45) is -1.94. The minimum atomic E-state index is -4.16. The molecular weight excluding hydrogens is 513 g/mol. The van der Waals surface area contributed by atoms with E-state index in [9.17, 15) is 26.8 Å². The van der Waals surface area contributed by atoms with Crippen LogP contribution in [0, 0.1) is 5.41 Å². The normalized spacial score (nSPS) is 15.2. The number of ether oxygens (including phenoxy) is 1. The Morgan fingerprint density at radius 2 is 1.82 bits per heavy atom. The van der Waals surface area contributed by atoms with Crippen molar-refractivity contribution in [2.24, 2.45) is 5.41 Å². The molecule has 1 aromatic heterocycles. The van der Waals surface area contributed by atoms with E-state index in [4.69, 9.17) is 27.9 Å². The molecule has 0 fully saturated rings.